The van der Waals surface area contributed by atoms with Gasteiger partial charge in [0.2, 0.25) is 0 Å². The van der Waals surface area contributed by atoms with Gasteiger partial charge in [0.05, 0.1) is 0 Å². The topological polar surface area (TPSA) is 65.5 Å². The second kappa shape index (κ2) is 4.44. The molecule has 1 fully saturated rings. The van der Waals surface area contributed by atoms with E-state index >= 15 is 0 Å². The molecule has 0 unspecified atom stereocenters. The van der Waals surface area contributed by atoms with Gasteiger partial charge in [0.25, 0.3) is 0 Å². The van der Waals surface area contributed by atoms with E-state index in [9.17, 15) is 9.18 Å². The first-order chi connectivity index (χ1) is 7.70. The number of pyridine rings is 1. The molecule has 0 aromatic carbocycles. The molecule has 5 nitrogen and oxygen atoms in total. The first-order valence-corrected chi connectivity index (χ1v) is 5.03. The van der Waals surface area contributed by atoms with Crippen LogP contribution in [0.25, 0.3) is 0 Å². The van der Waals surface area contributed by atoms with Gasteiger partial charge in [-0.25, -0.2) is 14.2 Å². The zero-order valence-electron chi connectivity index (χ0n) is 8.61. The average Bonchev–Trinajstić information content (AvgIpc) is 2.30. The summed E-state index contributed by atoms with van der Waals surface area (Å²) < 4.78 is 13.8. The summed E-state index contributed by atoms with van der Waals surface area (Å²) in [7, 11) is 0. The Hall–Kier alpha value is -1.69. The monoisotopic (exact) mass is 225 g/mol. The first-order valence-electron chi connectivity index (χ1n) is 5.03. The van der Waals surface area contributed by atoms with Crippen molar-refractivity contribution in [2.45, 2.75) is 0 Å². The average molecular weight is 225 g/mol. The lowest BCUT2D eigenvalue weighted by Crippen LogP contribution is -2.44. The molecular weight excluding hydrogens is 213 g/mol. The summed E-state index contributed by atoms with van der Waals surface area (Å²) in [6.45, 7) is 2.76. The van der Waals surface area contributed by atoms with Crippen LogP contribution >= 0.6 is 0 Å². The fraction of sp³-hybridized carbons (Fsp3) is 0.400. The Balaban J connectivity index is 2.33. The molecule has 0 saturated carbocycles. The fourth-order valence-corrected chi connectivity index (χ4v) is 1.69. The SMILES string of the molecule is O=C(O)c1ccnc(N2CCNCC2)c1F. The van der Waals surface area contributed by atoms with Crippen LogP contribution in [0.2, 0.25) is 0 Å². The molecule has 1 aliphatic heterocycles. The van der Waals surface area contributed by atoms with E-state index in [0.29, 0.717) is 13.1 Å². The smallest absolute Gasteiger partial charge is 0.338 e. The molecule has 0 radical (unpaired) electrons. The third-order valence-corrected chi connectivity index (χ3v) is 2.52. The van der Waals surface area contributed by atoms with Crippen molar-refractivity contribution in [3.8, 4) is 0 Å². The highest BCUT2D eigenvalue weighted by molar-refractivity contribution is 5.88. The maximum Gasteiger partial charge on any atom is 0.338 e. The Kier molecular flexibility index (Phi) is 3.00. The van der Waals surface area contributed by atoms with Crippen molar-refractivity contribution in [1.82, 2.24) is 10.3 Å². The second-order valence-corrected chi connectivity index (χ2v) is 3.54. The predicted molar refractivity (Wildman–Crippen MR) is 56.2 cm³/mol. The van der Waals surface area contributed by atoms with Gasteiger partial charge < -0.3 is 15.3 Å². The fourth-order valence-electron chi connectivity index (χ4n) is 1.69. The number of nitrogens with zero attached hydrogens (tertiary/aromatic N) is 2. The van der Waals surface area contributed by atoms with Gasteiger partial charge in [-0.3, -0.25) is 0 Å². The van der Waals surface area contributed by atoms with E-state index in [1.165, 1.54) is 12.3 Å². The molecule has 0 bridgehead atoms. The largest absolute Gasteiger partial charge is 0.478 e. The summed E-state index contributed by atoms with van der Waals surface area (Å²) in [5.41, 5.74) is -0.330. The molecule has 1 aliphatic rings. The van der Waals surface area contributed by atoms with Crippen LogP contribution in [-0.2, 0) is 0 Å². The van der Waals surface area contributed by atoms with Crippen LogP contribution in [0, 0.1) is 5.82 Å². The minimum Gasteiger partial charge on any atom is -0.478 e. The number of hydrogen-bond donors (Lipinski definition) is 2. The van der Waals surface area contributed by atoms with Crippen LogP contribution in [0.5, 0.6) is 0 Å². The lowest BCUT2D eigenvalue weighted by Gasteiger charge is -2.28. The van der Waals surface area contributed by atoms with Crippen LogP contribution < -0.4 is 10.2 Å². The molecule has 1 aromatic rings. The third-order valence-electron chi connectivity index (χ3n) is 2.52. The van der Waals surface area contributed by atoms with Gasteiger partial charge in [-0.1, -0.05) is 0 Å². The number of aromatic nitrogens is 1. The van der Waals surface area contributed by atoms with E-state index in [1.807, 2.05) is 0 Å². The van der Waals surface area contributed by atoms with E-state index in [-0.39, 0.29) is 11.4 Å². The van der Waals surface area contributed by atoms with Gasteiger partial charge in [-0.15, -0.1) is 0 Å². The zero-order chi connectivity index (χ0) is 11.5. The maximum atomic E-state index is 13.8. The number of anilines is 1. The standard InChI is InChI=1S/C10H12FN3O2/c11-8-7(10(15)16)1-2-13-9(8)14-5-3-12-4-6-14/h1-2,12H,3-6H2,(H,15,16). The molecule has 86 valence electrons. The third kappa shape index (κ3) is 1.96. The van der Waals surface area contributed by atoms with Crippen molar-refractivity contribution in [3.63, 3.8) is 0 Å². The Labute approximate surface area is 91.9 Å². The normalized spacial score (nSPS) is 16.2. The summed E-state index contributed by atoms with van der Waals surface area (Å²) >= 11 is 0. The first kappa shape index (κ1) is 10.8. The van der Waals surface area contributed by atoms with Crippen LogP contribution in [0.15, 0.2) is 12.3 Å². The van der Waals surface area contributed by atoms with Crippen molar-refractivity contribution in [3.05, 3.63) is 23.6 Å². The van der Waals surface area contributed by atoms with Crippen LogP contribution in [0.1, 0.15) is 10.4 Å². The van der Waals surface area contributed by atoms with Crippen molar-refractivity contribution in [2.24, 2.45) is 0 Å². The quantitative estimate of drug-likeness (QED) is 0.759. The molecule has 0 spiro atoms. The highest BCUT2D eigenvalue weighted by atomic mass is 19.1. The molecule has 0 atom stereocenters. The maximum absolute atomic E-state index is 13.8. The summed E-state index contributed by atoms with van der Waals surface area (Å²) in [6, 6.07) is 1.17. The summed E-state index contributed by atoms with van der Waals surface area (Å²) in [5, 5.41) is 11.9. The number of piperazine rings is 1. The van der Waals surface area contributed by atoms with Gasteiger partial charge >= 0.3 is 5.97 Å². The molecule has 1 aromatic heterocycles. The van der Waals surface area contributed by atoms with Gasteiger partial charge in [0.1, 0.15) is 5.56 Å². The molecular formula is C10H12FN3O2. The number of nitrogens with one attached hydrogen (secondary N) is 1. The van der Waals surface area contributed by atoms with Crippen LogP contribution in [0.3, 0.4) is 0 Å². The molecule has 0 amide bonds. The van der Waals surface area contributed by atoms with E-state index in [4.69, 9.17) is 5.11 Å². The minimum atomic E-state index is -1.27. The van der Waals surface area contributed by atoms with Gasteiger partial charge in [0, 0.05) is 32.4 Å². The highest BCUT2D eigenvalue weighted by Gasteiger charge is 2.20. The van der Waals surface area contributed by atoms with Crippen LogP contribution in [0.4, 0.5) is 10.2 Å². The van der Waals surface area contributed by atoms with E-state index in [1.54, 1.807) is 4.90 Å². The van der Waals surface area contributed by atoms with Crippen molar-refractivity contribution in [1.29, 1.82) is 0 Å². The van der Waals surface area contributed by atoms with Gasteiger partial charge in [-0.05, 0) is 6.07 Å². The Morgan fingerprint density at radius 3 is 2.81 bits per heavy atom. The number of carbonyl (C=O) groups is 1. The molecule has 2 N–H and O–H groups in total. The summed E-state index contributed by atoms with van der Waals surface area (Å²) in [6.07, 6.45) is 1.32. The Morgan fingerprint density at radius 2 is 2.19 bits per heavy atom. The molecule has 6 heteroatoms. The van der Waals surface area contributed by atoms with Crippen LogP contribution in [-0.4, -0.2) is 42.2 Å². The second-order valence-electron chi connectivity index (χ2n) is 3.54. The lowest BCUT2D eigenvalue weighted by atomic mass is 10.2. The van der Waals surface area contributed by atoms with Crippen molar-refractivity contribution >= 4 is 11.8 Å². The summed E-state index contributed by atoms with van der Waals surface area (Å²) in [4.78, 5) is 16.4. The molecule has 1 saturated heterocycles. The van der Waals surface area contributed by atoms with Gasteiger partial charge in [-0.2, -0.15) is 0 Å². The van der Waals surface area contributed by atoms with Gasteiger partial charge in [0.15, 0.2) is 11.6 Å². The molecule has 2 heterocycles. The summed E-state index contributed by atoms with van der Waals surface area (Å²) in [5.74, 6) is -1.89. The number of carboxylic acids is 1. The Bertz CT molecular complexity index is 405. The molecule has 2 rings (SSSR count). The van der Waals surface area contributed by atoms with Crippen molar-refractivity contribution in [2.75, 3.05) is 31.1 Å². The minimum absolute atomic E-state index is 0.126. The zero-order valence-corrected chi connectivity index (χ0v) is 8.61. The number of halogens is 1. The van der Waals surface area contributed by atoms with Crippen molar-refractivity contribution < 1.29 is 14.3 Å². The van der Waals surface area contributed by atoms with E-state index < -0.39 is 11.8 Å². The molecule has 0 aliphatic carbocycles. The predicted octanol–water partition coefficient (Wildman–Crippen LogP) is 0.329. The molecule has 16 heavy (non-hydrogen) atoms. The number of aromatic carboxylic acids is 1. The number of hydrogen-bond acceptors (Lipinski definition) is 4. The van der Waals surface area contributed by atoms with E-state index in [2.05, 4.69) is 10.3 Å². The Morgan fingerprint density at radius 1 is 1.50 bits per heavy atom. The highest BCUT2D eigenvalue weighted by Crippen LogP contribution is 2.19. The number of carboxylic acid groups (broad SMARTS) is 1. The van der Waals surface area contributed by atoms with E-state index in [0.717, 1.165) is 13.1 Å². The number of rotatable bonds is 2. The lowest BCUT2D eigenvalue weighted by molar-refractivity contribution is 0.0691.